The lowest BCUT2D eigenvalue weighted by Gasteiger charge is -2.29. The zero-order valence-electron chi connectivity index (χ0n) is 13.6. The van der Waals surface area contributed by atoms with Gasteiger partial charge in [0.15, 0.2) is 0 Å². The number of likely N-dealkylation sites (tertiary alicyclic amines) is 2. The number of aromatic nitrogens is 2. The highest BCUT2D eigenvalue weighted by atomic mass is 16.2. The van der Waals surface area contributed by atoms with Crippen molar-refractivity contribution in [2.24, 2.45) is 11.8 Å². The topological polar surface area (TPSA) is 69.3 Å². The molecule has 2 aromatic rings. The second-order valence-electron chi connectivity index (χ2n) is 6.63. The Bertz CT molecular complexity index is 744. The minimum atomic E-state index is -0.0110. The Hall–Kier alpha value is -2.63. The largest absolute Gasteiger partial charge is 0.337 e. The molecule has 4 rings (SSSR count). The third-order valence-corrected chi connectivity index (χ3v) is 5.23. The third-order valence-electron chi connectivity index (χ3n) is 5.23. The van der Waals surface area contributed by atoms with Crippen LogP contribution in [0.1, 0.15) is 29.0 Å². The number of nitrogens with one attached hydrogen (secondary N) is 1. The second kappa shape index (κ2) is 5.78. The first-order valence-electron chi connectivity index (χ1n) is 8.26. The van der Waals surface area contributed by atoms with Crippen molar-refractivity contribution in [2.45, 2.75) is 13.0 Å². The van der Waals surface area contributed by atoms with Crippen molar-refractivity contribution in [3.63, 3.8) is 0 Å². The summed E-state index contributed by atoms with van der Waals surface area (Å²) >= 11 is 0. The first-order chi connectivity index (χ1) is 11.6. The van der Waals surface area contributed by atoms with E-state index in [1.54, 1.807) is 19.2 Å². The Labute approximate surface area is 140 Å². The highest BCUT2D eigenvalue weighted by Gasteiger charge is 2.49. The summed E-state index contributed by atoms with van der Waals surface area (Å²) in [6.07, 6.45) is 1.59. The van der Waals surface area contributed by atoms with Gasteiger partial charge in [-0.1, -0.05) is 30.3 Å². The molecular weight excluding hydrogens is 304 g/mol. The number of rotatable bonds is 2. The van der Waals surface area contributed by atoms with Crippen molar-refractivity contribution < 1.29 is 9.59 Å². The molecule has 2 aliphatic rings. The molecule has 6 heteroatoms. The molecule has 3 heterocycles. The Balaban J connectivity index is 1.60. The molecule has 0 spiro atoms. The molecule has 124 valence electrons. The molecule has 0 saturated carbocycles. The number of carbonyl (C=O) groups is 2. The maximum atomic E-state index is 12.6. The van der Waals surface area contributed by atoms with Crippen LogP contribution in [0.2, 0.25) is 0 Å². The van der Waals surface area contributed by atoms with E-state index in [0.717, 1.165) is 5.56 Å². The van der Waals surface area contributed by atoms with Gasteiger partial charge >= 0.3 is 0 Å². The number of carbonyl (C=O) groups excluding carboxylic acids is 2. The van der Waals surface area contributed by atoms with Gasteiger partial charge in [0, 0.05) is 44.6 Å². The maximum Gasteiger partial charge on any atom is 0.271 e. The summed E-state index contributed by atoms with van der Waals surface area (Å²) in [4.78, 5) is 28.5. The van der Waals surface area contributed by atoms with Gasteiger partial charge in [0.1, 0.15) is 5.69 Å². The van der Waals surface area contributed by atoms with E-state index in [4.69, 9.17) is 0 Å². The van der Waals surface area contributed by atoms with Gasteiger partial charge in [0.05, 0.1) is 6.04 Å². The fourth-order valence-electron chi connectivity index (χ4n) is 4.16. The molecule has 1 aromatic heterocycles. The Morgan fingerprint density at radius 1 is 1.12 bits per heavy atom. The summed E-state index contributed by atoms with van der Waals surface area (Å²) in [6, 6.07) is 11.9. The van der Waals surface area contributed by atoms with Crippen LogP contribution in [-0.2, 0) is 4.79 Å². The van der Waals surface area contributed by atoms with Crippen LogP contribution in [0.3, 0.4) is 0 Å². The van der Waals surface area contributed by atoms with Crippen LogP contribution in [0.25, 0.3) is 0 Å². The fourth-order valence-corrected chi connectivity index (χ4v) is 4.16. The summed E-state index contributed by atoms with van der Waals surface area (Å²) in [5.41, 5.74) is 1.67. The smallest absolute Gasteiger partial charge is 0.271 e. The molecule has 0 radical (unpaired) electrons. The Kier molecular flexibility index (Phi) is 3.59. The van der Waals surface area contributed by atoms with Crippen LogP contribution >= 0.6 is 0 Å². The third kappa shape index (κ3) is 2.38. The molecule has 1 N–H and O–H groups in total. The molecule has 2 aliphatic heterocycles. The molecular formula is C18H20N4O2. The normalized spacial score (nSPS) is 25.8. The number of hydrogen-bond donors (Lipinski definition) is 1. The van der Waals surface area contributed by atoms with Crippen LogP contribution < -0.4 is 0 Å². The van der Waals surface area contributed by atoms with Gasteiger partial charge in [-0.05, 0) is 11.6 Å². The molecule has 1 aromatic carbocycles. The molecule has 0 aliphatic carbocycles. The first kappa shape index (κ1) is 14.9. The zero-order chi connectivity index (χ0) is 16.7. The van der Waals surface area contributed by atoms with E-state index in [0.29, 0.717) is 31.2 Å². The molecule has 2 saturated heterocycles. The van der Waals surface area contributed by atoms with Crippen LogP contribution in [0.15, 0.2) is 42.6 Å². The number of nitrogens with zero attached hydrogens (tertiary/aromatic N) is 3. The average Bonchev–Trinajstić information content (AvgIpc) is 3.30. The van der Waals surface area contributed by atoms with Crippen molar-refractivity contribution in [3.8, 4) is 0 Å². The van der Waals surface area contributed by atoms with E-state index in [-0.39, 0.29) is 23.8 Å². The average molecular weight is 324 g/mol. The minimum Gasteiger partial charge on any atom is -0.337 e. The lowest BCUT2D eigenvalue weighted by atomic mass is 9.89. The summed E-state index contributed by atoms with van der Waals surface area (Å²) in [5.74, 6) is 0.696. The quantitative estimate of drug-likeness (QED) is 0.914. The summed E-state index contributed by atoms with van der Waals surface area (Å²) < 4.78 is 0. The molecule has 0 unspecified atom stereocenters. The van der Waals surface area contributed by atoms with Gasteiger partial charge in [0.25, 0.3) is 5.91 Å². The molecule has 2 amide bonds. The number of benzene rings is 1. The molecule has 6 nitrogen and oxygen atoms in total. The SMILES string of the molecule is CC(=O)N1C[C@H]2CN(C(=O)c3ccn[nH]3)C[C@H]2[C@@H]1c1ccccc1. The molecule has 24 heavy (non-hydrogen) atoms. The van der Waals surface area contributed by atoms with Crippen molar-refractivity contribution in [1.29, 1.82) is 0 Å². The van der Waals surface area contributed by atoms with Crippen LogP contribution in [0, 0.1) is 11.8 Å². The lowest BCUT2D eigenvalue weighted by Crippen LogP contribution is -2.36. The molecule has 2 fully saturated rings. The van der Waals surface area contributed by atoms with Crippen molar-refractivity contribution in [1.82, 2.24) is 20.0 Å². The highest BCUT2D eigenvalue weighted by Crippen LogP contribution is 2.45. The standard InChI is InChI=1S/C18H20N4O2/c1-12(23)22-10-14-9-21(18(24)16-7-8-19-20-16)11-15(14)17(22)13-5-3-2-4-6-13/h2-8,14-15,17H,9-11H2,1H3,(H,19,20)/t14-,15-,17+/m1/s1. The number of aromatic amines is 1. The van der Waals surface area contributed by atoms with E-state index < -0.39 is 0 Å². The predicted octanol–water partition coefficient (Wildman–Crippen LogP) is 1.70. The Morgan fingerprint density at radius 3 is 2.58 bits per heavy atom. The number of amides is 2. The first-order valence-corrected chi connectivity index (χ1v) is 8.26. The summed E-state index contributed by atoms with van der Waals surface area (Å²) in [7, 11) is 0. The van der Waals surface area contributed by atoms with Crippen LogP contribution in [-0.4, -0.2) is 51.4 Å². The van der Waals surface area contributed by atoms with Crippen molar-refractivity contribution in [2.75, 3.05) is 19.6 Å². The van der Waals surface area contributed by atoms with Gasteiger partial charge in [-0.3, -0.25) is 14.7 Å². The van der Waals surface area contributed by atoms with Crippen molar-refractivity contribution >= 4 is 11.8 Å². The zero-order valence-corrected chi connectivity index (χ0v) is 13.6. The maximum absolute atomic E-state index is 12.6. The van der Waals surface area contributed by atoms with E-state index in [9.17, 15) is 9.59 Å². The number of fused-ring (bicyclic) bond motifs is 1. The van der Waals surface area contributed by atoms with Gasteiger partial charge in [-0.25, -0.2) is 0 Å². The Morgan fingerprint density at radius 2 is 1.92 bits per heavy atom. The predicted molar refractivity (Wildman–Crippen MR) is 88.0 cm³/mol. The van der Waals surface area contributed by atoms with E-state index in [1.807, 2.05) is 28.0 Å². The van der Waals surface area contributed by atoms with Crippen LogP contribution in [0.4, 0.5) is 0 Å². The number of H-pyrrole nitrogens is 1. The van der Waals surface area contributed by atoms with Crippen LogP contribution in [0.5, 0.6) is 0 Å². The van der Waals surface area contributed by atoms with E-state index in [1.165, 1.54) is 0 Å². The monoisotopic (exact) mass is 324 g/mol. The summed E-state index contributed by atoms with van der Waals surface area (Å²) in [6.45, 7) is 3.71. The fraction of sp³-hybridized carbons (Fsp3) is 0.389. The van der Waals surface area contributed by atoms with Gasteiger partial charge in [0.2, 0.25) is 5.91 Å². The minimum absolute atomic E-state index is 0.0110. The van der Waals surface area contributed by atoms with Gasteiger partial charge < -0.3 is 9.80 Å². The molecule has 0 bridgehead atoms. The van der Waals surface area contributed by atoms with Gasteiger partial charge in [-0.15, -0.1) is 0 Å². The number of hydrogen-bond acceptors (Lipinski definition) is 3. The second-order valence-corrected chi connectivity index (χ2v) is 6.63. The van der Waals surface area contributed by atoms with Crippen molar-refractivity contribution in [3.05, 3.63) is 53.9 Å². The van der Waals surface area contributed by atoms with Gasteiger partial charge in [-0.2, -0.15) is 5.10 Å². The van der Waals surface area contributed by atoms with E-state index >= 15 is 0 Å². The van der Waals surface area contributed by atoms with E-state index in [2.05, 4.69) is 22.3 Å². The lowest BCUT2D eigenvalue weighted by molar-refractivity contribution is -0.130. The molecule has 3 atom stereocenters. The highest BCUT2D eigenvalue weighted by molar-refractivity contribution is 5.92. The summed E-state index contributed by atoms with van der Waals surface area (Å²) in [5, 5.41) is 6.60.